The van der Waals surface area contributed by atoms with Crippen molar-refractivity contribution in [3.05, 3.63) is 35.9 Å². The topological polar surface area (TPSA) is 38.8 Å². The first-order valence-corrected chi connectivity index (χ1v) is 7.18. The maximum atomic E-state index is 12.4. The van der Waals surface area contributed by atoms with Gasteiger partial charge in [0, 0.05) is 0 Å². The Kier molecular flexibility index (Phi) is 3.09. The third-order valence-corrected chi connectivity index (χ3v) is 4.27. The van der Waals surface area contributed by atoms with Crippen molar-refractivity contribution in [1.82, 2.24) is 0 Å². The summed E-state index contributed by atoms with van der Waals surface area (Å²) in [7, 11) is 0. The van der Waals surface area contributed by atoms with E-state index in [0.717, 1.165) is 37.7 Å². The van der Waals surface area contributed by atoms with Crippen LogP contribution in [0.1, 0.15) is 44.6 Å². The van der Waals surface area contributed by atoms with E-state index in [1.54, 1.807) is 0 Å². The zero-order valence-electron chi connectivity index (χ0n) is 11.4. The molecule has 1 saturated carbocycles. The van der Waals surface area contributed by atoms with E-state index in [1.807, 2.05) is 25.1 Å². The molecule has 3 nitrogen and oxygen atoms in total. The van der Waals surface area contributed by atoms with Crippen LogP contribution in [0.4, 0.5) is 0 Å². The van der Waals surface area contributed by atoms with E-state index >= 15 is 0 Å². The van der Waals surface area contributed by atoms with E-state index in [0.29, 0.717) is 6.61 Å². The van der Waals surface area contributed by atoms with E-state index in [-0.39, 0.29) is 5.97 Å². The van der Waals surface area contributed by atoms with Gasteiger partial charge in [0.2, 0.25) is 0 Å². The van der Waals surface area contributed by atoms with Gasteiger partial charge in [-0.3, -0.25) is 0 Å². The monoisotopic (exact) mass is 260 g/mol. The third-order valence-electron chi connectivity index (χ3n) is 4.27. The smallest absolute Gasteiger partial charge is 0.341 e. The van der Waals surface area contributed by atoms with Crippen LogP contribution in [0.2, 0.25) is 0 Å². The number of hydrogen-bond donors (Lipinski definition) is 0. The number of esters is 1. The van der Waals surface area contributed by atoms with Crippen LogP contribution in [-0.4, -0.2) is 18.2 Å². The molecule has 3 heteroatoms. The van der Waals surface area contributed by atoms with Crippen LogP contribution in [0, 0.1) is 0 Å². The number of rotatable bonds is 4. The van der Waals surface area contributed by atoms with Gasteiger partial charge >= 0.3 is 5.97 Å². The van der Waals surface area contributed by atoms with Gasteiger partial charge in [0.15, 0.2) is 5.60 Å². The molecule has 1 aromatic rings. The fraction of sp³-hybridized carbons (Fsp3) is 0.562. The van der Waals surface area contributed by atoms with E-state index in [4.69, 9.17) is 9.47 Å². The predicted octanol–water partition coefficient (Wildman–Crippen LogP) is 3.18. The molecule has 1 saturated heterocycles. The second kappa shape index (κ2) is 4.64. The van der Waals surface area contributed by atoms with Crippen LogP contribution in [-0.2, 0) is 19.9 Å². The predicted molar refractivity (Wildman–Crippen MR) is 71.7 cm³/mol. The van der Waals surface area contributed by atoms with Gasteiger partial charge in [0.1, 0.15) is 5.60 Å². The van der Waals surface area contributed by atoms with Crippen LogP contribution >= 0.6 is 0 Å². The molecular weight excluding hydrogens is 240 g/mol. The summed E-state index contributed by atoms with van der Waals surface area (Å²) in [6.45, 7) is 2.48. The average Bonchev–Trinajstić information content (AvgIpc) is 3.18. The first-order chi connectivity index (χ1) is 9.25. The van der Waals surface area contributed by atoms with Gasteiger partial charge in [-0.1, -0.05) is 37.3 Å². The lowest BCUT2D eigenvalue weighted by Crippen LogP contribution is -2.37. The molecule has 0 aromatic heterocycles. The molecule has 1 aliphatic heterocycles. The summed E-state index contributed by atoms with van der Waals surface area (Å²) in [5.74, 6) is -0.169. The number of carbonyl (C=O) groups is 1. The third kappa shape index (κ3) is 1.79. The van der Waals surface area contributed by atoms with E-state index < -0.39 is 11.2 Å². The SMILES string of the molecule is CCCOC(=O)C12CCCCC1(c1ccccc1)O2. The Morgan fingerprint density at radius 1 is 1.26 bits per heavy atom. The molecule has 2 unspecified atom stereocenters. The van der Waals surface area contributed by atoms with Gasteiger partial charge in [-0.25, -0.2) is 4.79 Å². The van der Waals surface area contributed by atoms with Gasteiger partial charge in [-0.05, 0) is 37.7 Å². The highest BCUT2D eigenvalue weighted by Gasteiger charge is 2.76. The Labute approximate surface area is 113 Å². The van der Waals surface area contributed by atoms with Crippen molar-refractivity contribution in [3.8, 4) is 0 Å². The molecule has 1 aromatic carbocycles. The fourth-order valence-corrected chi connectivity index (χ4v) is 3.29. The average molecular weight is 260 g/mol. The van der Waals surface area contributed by atoms with Crippen LogP contribution in [0.3, 0.4) is 0 Å². The number of ether oxygens (including phenoxy) is 2. The standard InChI is InChI=1S/C16H20O3/c1-2-12-18-14(17)16-11-7-6-10-15(16,19-16)13-8-4-3-5-9-13/h3-5,8-9H,2,6-7,10-12H2,1H3. The Morgan fingerprint density at radius 3 is 2.74 bits per heavy atom. The molecular formula is C16H20O3. The maximum absolute atomic E-state index is 12.4. The summed E-state index contributed by atoms with van der Waals surface area (Å²) in [5.41, 5.74) is -0.0119. The van der Waals surface area contributed by atoms with Crippen molar-refractivity contribution < 1.29 is 14.3 Å². The highest BCUT2D eigenvalue weighted by Crippen LogP contribution is 2.64. The number of benzene rings is 1. The maximum Gasteiger partial charge on any atom is 0.341 e. The second-order valence-corrected chi connectivity index (χ2v) is 5.47. The highest BCUT2D eigenvalue weighted by atomic mass is 16.7. The molecule has 1 heterocycles. The van der Waals surface area contributed by atoms with Crippen molar-refractivity contribution in [2.45, 2.75) is 50.2 Å². The molecule has 0 N–H and O–H groups in total. The van der Waals surface area contributed by atoms with Crippen LogP contribution in [0.5, 0.6) is 0 Å². The molecule has 2 atom stereocenters. The van der Waals surface area contributed by atoms with Gasteiger partial charge in [0.05, 0.1) is 6.61 Å². The summed E-state index contributed by atoms with van der Waals surface area (Å²) in [5, 5.41) is 0. The van der Waals surface area contributed by atoms with Crippen LogP contribution < -0.4 is 0 Å². The van der Waals surface area contributed by atoms with Gasteiger partial charge in [0.25, 0.3) is 0 Å². The van der Waals surface area contributed by atoms with Crippen molar-refractivity contribution in [2.75, 3.05) is 6.61 Å². The van der Waals surface area contributed by atoms with Crippen LogP contribution in [0.15, 0.2) is 30.3 Å². The molecule has 0 amide bonds. The zero-order chi connectivity index (χ0) is 13.3. The van der Waals surface area contributed by atoms with Crippen molar-refractivity contribution in [3.63, 3.8) is 0 Å². The first kappa shape index (κ1) is 12.7. The highest BCUT2D eigenvalue weighted by molar-refractivity contribution is 5.85. The minimum Gasteiger partial charge on any atom is -0.463 e. The lowest BCUT2D eigenvalue weighted by molar-refractivity contribution is -0.150. The molecule has 2 fully saturated rings. The summed E-state index contributed by atoms with van der Waals surface area (Å²) in [6.07, 6.45) is 4.69. The van der Waals surface area contributed by atoms with E-state index in [9.17, 15) is 4.79 Å². The summed E-state index contributed by atoms with van der Waals surface area (Å²) < 4.78 is 11.4. The molecule has 0 bridgehead atoms. The molecule has 2 aliphatic rings. The van der Waals surface area contributed by atoms with E-state index in [2.05, 4.69) is 12.1 Å². The van der Waals surface area contributed by atoms with Crippen LogP contribution in [0.25, 0.3) is 0 Å². The zero-order valence-corrected chi connectivity index (χ0v) is 11.4. The first-order valence-electron chi connectivity index (χ1n) is 7.18. The largest absolute Gasteiger partial charge is 0.463 e. The molecule has 3 rings (SSSR count). The number of hydrogen-bond acceptors (Lipinski definition) is 3. The number of epoxide rings is 1. The fourth-order valence-electron chi connectivity index (χ4n) is 3.29. The molecule has 0 spiro atoms. The quantitative estimate of drug-likeness (QED) is 0.616. The minimum absolute atomic E-state index is 0.169. The Morgan fingerprint density at radius 2 is 2.00 bits per heavy atom. The second-order valence-electron chi connectivity index (χ2n) is 5.47. The number of carbonyl (C=O) groups excluding carboxylic acids is 1. The van der Waals surface area contributed by atoms with Gasteiger partial charge < -0.3 is 9.47 Å². The number of fused-ring (bicyclic) bond motifs is 1. The van der Waals surface area contributed by atoms with E-state index in [1.165, 1.54) is 0 Å². The summed E-state index contributed by atoms with van der Waals surface area (Å²) in [6, 6.07) is 10.1. The normalized spacial score (nSPS) is 32.5. The lowest BCUT2D eigenvalue weighted by atomic mass is 9.75. The Hall–Kier alpha value is -1.35. The summed E-state index contributed by atoms with van der Waals surface area (Å²) >= 11 is 0. The molecule has 1 aliphatic carbocycles. The van der Waals surface area contributed by atoms with Crippen molar-refractivity contribution >= 4 is 5.97 Å². The molecule has 0 radical (unpaired) electrons. The lowest BCUT2D eigenvalue weighted by Gasteiger charge is -2.23. The Balaban J connectivity index is 1.88. The minimum atomic E-state index is -0.707. The van der Waals surface area contributed by atoms with Crippen molar-refractivity contribution in [2.24, 2.45) is 0 Å². The van der Waals surface area contributed by atoms with Crippen molar-refractivity contribution in [1.29, 1.82) is 0 Å². The van der Waals surface area contributed by atoms with Gasteiger partial charge in [-0.15, -0.1) is 0 Å². The summed E-state index contributed by atoms with van der Waals surface area (Å²) in [4.78, 5) is 12.4. The molecule has 19 heavy (non-hydrogen) atoms. The molecule has 102 valence electrons. The van der Waals surface area contributed by atoms with Gasteiger partial charge in [-0.2, -0.15) is 0 Å². The Bertz CT molecular complexity index is 470.